The number of carbonyl (C=O) groups excluding carboxylic acids is 1. The summed E-state index contributed by atoms with van der Waals surface area (Å²) in [5, 5.41) is 3.40. The molecule has 2 atom stereocenters. The van der Waals surface area contributed by atoms with E-state index in [1.165, 1.54) is 21.5 Å². The van der Waals surface area contributed by atoms with Crippen molar-refractivity contribution in [1.29, 1.82) is 0 Å². The van der Waals surface area contributed by atoms with Crippen molar-refractivity contribution in [3.05, 3.63) is 93.3 Å². The van der Waals surface area contributed by atoms with Crippen molar-refractivity contribution in [1.82, 2.24) is 9.88 Å². The molecule has 1 N–H and O–H groups in total. The van der Waals surface area contributed by atoms with Gasteiger partial charge in [-0.1, -0.05) is 42.5 Å². The number of aromatic amines is 1. The minimum absolute atomic E-state index is 0.00249. The molecule has 0 unspecified atom stereocenters. The second kappa shape index (κ2) is 5.08. The lowest BCUT2D eigenvalue weighted by molar-refractivity contribution is 0.0728. The number of rotatable bonds is 1. The second-order valence-electron chi connectivity index (χ2n) is 7.01. The van der Waals surface area contributed by atoms with Gasteiger partial charge in [-0.05, 0) is 34.7 Å². The molecule has 4 aromatic rings. The summed E-state index contributed by atoms with van der Waals surface area (Å²) in [4.78, 5) is 20.1. The Morgan fingerprint density at radius 1 is 1.00 bits per heavy atom. The van der Waals surface area contributed by atoms with E-state index in [2.05, 4.69) is 52.8 Å². The average molecular weight is 356 g/mol. The summed E-state index contributed by atoms with van der Waals surface area (Å²) in [6.07, 6.45) is 0. The van der Waals surface area contributed by atoms with Crippen molar-refractivity contribution < 1.29 is 4.79 Å². The monoisotopic (exact) mass is 356 g/mol. The van der Waals surface area contributed by atoms with Crippen molar-refractivity contribution in [3.8, 4) is 0 Å². The third-order valence-electron chi connectivity index (χ3n) is 5.72. The fourth-order valence-corrected chi connectivity index (χ4v) is 5.48. The Morgan fingerprint density at radius 3 is 2.73 bits per heavy atom. The van der Waals surface area contributed by atoms with Gasteiger partial charge in [-0.25, -0.2) is 0 Å². The van der Waals surface area contributed by atoms with Gasteiger partial charge in [0.25, 0.3) is 5.91 Å². The third-order valence-corrected chi connectivity index (χ3v) is 6.71. The lowest BCUT2D eigenvalue weighted by atomic mass is 9.86. The van der Waals surface area contributed by atoms with E-state index in [0.717, 1.165) is 23.2 Å². The van der Waals surface area contributed by atoms with Crippen LogP contribution in [0, 0.1) is 0 Å². The highest BCUT2D eigenvalue weighted by atomic mass is 32.1. The van der Waals surface area contributed by atoms with Crippen LogP contribution in [0.25, 0.3) is 10.9 Å². The lowest BCUT2D eigenvalue weighted by Crippen LogP contribution is -2.37. The van der Waals surface area contributed by atoms with E-state index in [-0.39, 0.29) is 17.9 Å². The largest absolute Gasteiger partial charge is 0.356 e. The van der Waals surface area contributed by atoms with Gasteiger partial charge in [0.2, 0.25) is 0 Å². The number of H-pyrrole nitrogens is 1. The third kappa shape index (κ3) is 1.75. The van der Waals surface area contributed by atoms with E-state index in [9.17, 15) is 4.79 Å². The maximum atomic E-state index is 13.1. The van der Waals surface area contributed by atoms with Crippen molar-refractivity contribution in [3.63, 3.8) is 0 Å². The highest BCUT2D eigenvalue weighted by Crippen LogP contribution is 2.49. The normalized spacial score (nSPS) is 20.9. The molecule has 2 aromatic heterocycles. The predicted octanol–water partition coefficient (Wildman–Crippen LogP) is 4.92. The molecule has 0 fully saturated rings. The summed E-state index contributed by atoms with van der Waals surface area (Å²) >= 11 is 1.77. The molecule has 0 bridgehead atoms. The molecular weight excluding hydrogens is 340 g/mol. The summed E-state index contributed by atoms with van der Waals surface area (Å²) in [6, 6.07) is 20.8. The van der Waals surface area contributed by atoms with Gasteiger partial charge in [-0.2, -0.15) is 0 Å². The van der Waals surface area contributed by atoms with Crippen LogP contribution in [0.4, 0.5) is 0 Å². The molecule has 4 heteroatoms. The van der Waals surface area contributed by atoms with Crippen molar-refractivity contribution in [2.75, 3.05) is 6.54 Å². The number of benzene rings is 2. The molecule has 126 valence electrons. The number of fused-ring (bicyclic) bond motifs is 7. The van der Waals surface area contributed by atoms with E-state index in [4.69, 9.17) is 0 Å². The highest BCUT2D eigenvalue weighted by molar-refractivity contribution is 7.10. The van der Waals surface area contributed by atoms with Crippen LogP contribution in [0.1, 0.15) is 44.0 Å². The zero-order valence-corrected chi connectivity index (χ0v) is 14.8. The second-order valence-corrected chi connectivity index (χ2v) is 7.99. The van der Waals surface area contributed by atoms with Gasteiger partial charge in [0.05, 0.1) is 6.04 Å². The van der Waals surface area contributed by atoms with Crippen LogP contribution in [0.15, 0.2) is 66.0 Å². The number of nitrogens with one attached hydrogen (secondary N) is 1. The summed E-state index contributed by atoms with van der Waals surface area (Å²) < 4.78 is 0. The van der Waals surface area contributed by atoms with E-state index < -0.39 is 0 Å². The van der Waals surface area contributed by atoms with E-state index in [0.29, 0.717) is 0 Å². The molecule has 3 nitrogen and oxygen atoms in total. The van der Waals surface area contributed by atoms with Gasteiger partial charge >= 0.3 is 0 Å². The molecule has 1 amide bonds. The maximum Gasteiger partial charge on any atom is 0.255 e. The van der Waals surface area contributed by atoms with Crippen molar-refractivity contribution >= 4 is 28.1 Å². The van der Waals surface area contributed by atoms with Crippen LogP contribution in [-0.2, 0) is 0 Å². The maximum absolute atomic E-state index is 13.1. The summed E-state index contributed by atoms with van der Waals surface area (Å²) in [7, 11) is 0. The quantitative estimate of drug-likeness (QED) is 0.516. The molecule has 2 aromatic carbocycles. The first-order chi connectivity index (χ1) is 12.8. The van der Waals surface area contributed by atoms with Crippen LogP contribution in [-0.4, -0.2) is 22.3 Å². The molecule has 2 aliphatic rings. The first-order valence-corrected chi connectivity index (χ1v) is 9.74. The molecule has 2 aliphatic heterocycles. The van der Waals surface area contributed by atoms with Crippen LogP contribution >= 0.6 is 11.3 Å². The Kier molecular flexibility index (Phi) is 2.80. The SMILES string of the molecule is O=C1c2ccccc2[C@H]2c3[nH]c4ccccc4c3[C@H](c3cccs3)CN12. The van der Waals surface area contributed by atoms with Gasteiger partial charge in [0, 0.05) is 39.5 Å². The van der Waals surface area contributed by atoms with Gasteiger partial charge < -0.3 is 9.88 Å². The number of thiophene rings is 1. The number of nitrogens with zero attached hydrogens (tertiary/aromatic N) is 1. The molecule has 0 spiro atoms. The Balaban J connectivity index is 1.67. The molecule has 0 aliphatic carbocycles. The standard InChI is InChI=1S/C22H16N2OS/c25-22-14-7-2-1-6-13(14)21-20-19(15-8-3-4-9-17(15)23-20)16(12-24(21)22)18-10-5-11-26-18/h1-11,16,21,23H,12H2/t16-,21-/m0/s1. The predicted molar refractivity (Wildman–Crippen MR) is 104 cm³/mol. The fourth-order valence-electron chi connectivity index (χ4n) is 4.66. The Morgan fingerprint density at radius 2 is 1.85 bits per heavy atom. The number of hydrogen-bond donors (Lipinski definition) is 1. The lowest BCUT2D eigenvalue weighted by Gasteiger charge is -2.35. The molecule has 0 radical (unpaired) electrons. The van der Waals surface area contributed by atoms with Gasteiger partial charge in [-0.3, -0.25) is 4.79 Å². The van der Waals surface area contributed by atoms with E-state index in [1.807, 2.05) is 23.1 Å². The van der Waals surface area contributed by atoms with Gasteiger partial charge in [0.15, 0.2) is 0 Å². The van der Waals surface area contributed by atoms with Gasteiger partial charge in [-0.15, -0.1) is 11.3 Å². The van der Waals surface area contributed by atoms with Crippen LogP contribution < -0.4 is 0 Å². The average Bonchev–Trinajstić information content (AvgIpc) is 3.39. The van der Waals surface area contributed by atoms with Crippen molar-refractivity contribution in [2.24, 2.45) is 0 Å². The summed E-state index contributed by atoms with van der Waals surface area (Å²) in [5.74, 6) is 0.368. The minimum Gasteiger partial charge on any atom is -0.356 e. The number of para-hydroxylation sites is 1. The molecule has 6 rings (SSSR count). The van der Waals surface area contributed by atoms with Crippen LogP contribution in [0.5, 0.6) is 0 Å². The molecule has 4 heterocycles. The number of amides is 1. The Labute approximate surface area is 154 Å². The topological polar surface area (TPSA) is 36.1 Å². The number of aromatic nitrogens is 1. The van der Waals surface area contributed by atoms with E-state index >= 15 is 0 Å². The molecular formula is C22H16N2OS. The highest BCUT2D eigenvalue weighted by Gasteiger charge is 2.45. The first kappa shape index (κ1) is 14.3. The van der Waals surface area contributed by atoms with Gasteiger partial charge in [0.1, 0.15) is 0 Å². The zero-order valence-electron chi connectivity index (χ0n) is 14.0. The molecule has 26 heavy (non-hydrogen) atoms. The number of hydrogen-bond acceptors (Lipinski definition) is 2. The van der Waals surface area contributed by atoms with Crippen LogP contribution in [0.2, 0.25) is 0 Å². The Hall–Kier alpha value is -2.85. The minimum atomic E-state index is -0.00249. The smallest absolute Gasteiger partial charge is 0.255 e. The fraction of sp³-hybridized carbons (Fsp3) is 0.136. The first-order valence-electron chi connectivity index (χ1n) is 8.86. The molecule has 0 saturated carbocycles. The van der Waals surface area contributed by atoms with Crippen LogP contribution in [0.3, 0.4) is 0 Å². The summed E-state index contributed by atoms with van der Waals surface area (Å²) in [5.41, 5.74) is 5.64. The number of carbonyl (C=O) groups is 1. The molecule has 0 saturated heterocycles. The van der Waals surface area contributed by atoms with Crippen molar-refractivity contribution in [2.45, 2.75) is 12.0 Å². The van der Waals surface area contributed by atoms with E-state index in [1.54, 1.807) is 11.3 Å². The summed E-state index contributed by atoms with van der Waals surface area (Å²) in [6.45, 7) is 0.730. The Bertz CT molecular complexity index is 1160. The zero-order chi connectivity index (χ0) is 17.3.